The minimum atomic E-state index is 0.977. The van der Waals surface area contributed by atoms with Gasteiger partial charge in [-0.15, -0.1) is 0 Å². The number of fused-ring (bicyclic) bond motifs is 5. The summed E-state index contributed by atoms with van der Waals surface area (Å²) in [6.45, 7) is 0. The summed E-state index contributed by atoms with van der Waals surface area (Å²) < 4.78 is 2.36. The Labute approximate surface area is 296 Å². The van der Waals surface area contributed by atoms with Gasteiger partial charge in [0.15, 0.2) is 0 Å². The Kier molecular flexibility index (Phi) is 6.85. The maximum Gasteiger partial charge on any atom is 0.0714 e. The molecule has 0 N–H and O–H groups in total. The fourth-order valence-electron chi connectivity index (χ4n) is 7.90. The summed E-state index contributed by atoms with van der Waals surface area (Å²) in [5, 5.41) is 7.42. The van der Waals surface area contributed by atoms with Crippen molar-refractivity contribution in [2.45, 2.75) is 0 Å². The number of aromatic nitrogens is 2. The van der Waals surface area contributed by atoms with Crippen molar-refractivity contribution in [1.29, 1.82) is 0 Å². The molecular weight excluding hydrogens is 617 g/mol. The lowest BCUT2D eigenvalue weighted by molar-refractivity contribution is 1.18. The molecule has 238 valence electrons. The highest BCUT2D eigenvalue weighted by molar-refractivity contribution is 6.21. The molecule has 0 unspecified atom stereocenters. The Balaban J connectivity index is 1.02. The zero-order chi connectivity index (χ0) is 33.7. The third-order valence-corrected chi connectivity index (χ3v) is 10.3. The van der Waals surface area contributed by atoms with Crippen LogP contribution in [0, 0.1) is 0 Å². The van der Waals surface area contributed by atoms with E-state index < -0.39 is 0 Å². The molecular formula is C49H32N2. The Morgan fingerprint density at radius 2 is 0.804 bits per heavy atom. The van der Waals surface area contributed by atoms with E-state index in [0.717, 1.165) is 16.8 Å². The van der Waals surface area contributed by atoms with Crippen molar-refractivity contribution in [3.63, 3.8) is 0 Å². The van der Waals surface area contributed by atoms with Gasteiger partial charge in [0, 0.05) is 33.8 Å². The van der Waals surface area contributed by atoms with Crippen LogP contribution in [0.15, 0.2) is 194 Å². The summed E-state index contributed by atoms with van der Waals surface area (Å²) in [5.41, 5.74) is 12.9. The van der Waals surface area contributed by atoms with Crippen LogP contribution in [0.2, 0.25) is 0 Å². The molecule has 2 heteroatoms. The van der Waals surface area contributed by atoms with E-state index in [4.69, 9.17) is 4.98 Å². The summed E-state index contributed by atoms with van der Waals surface area (Å²) in [6, 6.07) is 67.6. The molecule has 0 radical (unpaired) electrons. The molecule has 0 aliphatic carbocycles. The summed E-state index contributed by atoms with van der Waals surface area (Å²) >= 11 is 0. The zero-order valence-corrected chi connectivity index (χ0v) is 27.9. The summed E-state index contributed by atoms with van der Waals surface area (Å²) in [7, 11) is 0. The summed E-state index contributed by atoms with van der Waals surface area (Å²) in [4.78, 5) is 5.10. The van der Waals surface area contributed by atoms with Gasteiger partial charge in [-0.2, -0.15) is 0 Å². The fourth-order valence-corrected chi connectivity index (χ4v) is 7.90. The second-order valence-electron chi connectivity index (χ2n) is 13.1. The van der Waals surface area contributed by atoms with Crippen molar-refractivity contribution >= 4 is 43.4 Å². The number of pyridine rings is 1. The third kappa shape index (κ3) is 4.84. The van der Waals surface area contributed by atoms with Gasteiger partial charge >= 0.3 is 0 Å². The molecule has 0 spiro atoms. The van der Waals surface area contributed by atoms with Gasteiger partial charge in [-0.3, -0.25) is 4.98 Å². The van der Waals surface area contributed by atoms with Crippen molar-refractivity contribution in [2.24, 2.45) is 0 Å². The van der Waals surface area contributed by atoms with Crippen LogP contribution < -0.4 is 0 Å². The van der Waals surface area contributed by atoms with Gasteiger partial charge in [0.25, 0.3) is 0 Å². The van der Waals surface area contributed by atoms with Crippen LogP contribution in [0.1, 0.15) is 0 Å². The van der Waals surface area contributed by atoms with Gasteiger partial charge in [0.1, 0.15) is 0 Å². The van der Waals surface area contributed by atoms with E-state index in [2.05, 4.69) is 193 Å². The highest BCUT2D eigenvalue weighted by atomic mass is 15.0. The van der Waals surface area contributed by atoms with E-state index in [0.29, 0.717) is 0 Å². The summed E-state index contributed by atoms with van der Waals surface area (Å²) in [6.07, 6.45) is 2.02. The molecule has 0 atom stereocenters. The molecule has 10 aromatic rings. The Hall–Kier alpha value is -6.77. The Morgan fingerprint density at radius 1 is 0.314 bits per heavy atom. The van der Waals surface area contributed by atoms with E-state index in [1.54, 1.807) is 0 Å². The highest BCUT2D eigenvalue weighted by Gasteiger charge is 2.17. The standard InChI is InChI=1S/C49H32N2/c1-3-13-35(14-4-1)48-40-18-7-9-20-42(40)49(43-21-10-8-19-41(43)48)45-29-27-37(32-50-45)34-25-23-33(24-26-34)36-28-30-47-44(31-36)39-17-11-12-22-46(39)51(47)38-15-5-2-6-16-38/h1-32H. The molecule has 8 aromatic carbocycles. The van der Waals surface area contributed by atoms with Crippen LogP contribution in [0.3, 0.4) is 0 Å². The third-order valence-electron chi connectivity index (χ3n) is 10.3. The predicted molar refractivity (Wildman–Crippen MR) is 215 cm³/mol. The van der Waals surface area contributed by atoms with E-state index in [1.807, 2.05) is 6.20 Å². The number of rotatable bonds is 5. The first-order chi connectivity index (χ1) is 25.3. The molecule has 51 heavy (non-hydrogen) atoms. The smallest absolute Gasteiger partial charge is 0.0714 e. The predicted octanol–water partition coefficient (Wildman–Crippen LogP) is 13.2. The maximum absolute atomic E-state index is 5.10. The largest absolute Gasteiger partial charge is 0.309 e. The first kappa shape index (κ1) is 29.2. The van der Waals surface area contributed by atoms with Crippen molar-refractivity contribution in [3.05, 3.63) is 194 Å². The zero-order valence-electron chi connectivity index (χ0n) is 27.9. The highest BCUT2D eigenvalue weighted by Crippen LogP contribution is 2.43. The second-order valence-corrected chi connectivity index (χ2v) is 13.1. The number of benzene rings is 8. The lowest BCUT2D eigenvalue weighted by atomic mass is 9.87. The number of para-hydroxylation sites is 2. The van der Waals surface area contributed by atoms with Crippen LogP contribution in [0.4, 0.5) is 0 Å². The molecule has 0 saturated heterocycles. The summed E-state index contributed by atoms with van der Waals surface area (Å²) in [5.74, 6) is 0. The number of nitrogens with zero attached hydrogens (tertiary/aromatic N) is 2. The molecule has 0 saturated carbocycles. The molecule has 0 bridgehead atoms. The SMILES string of the molecule is c1ccc(-c2c3ccccc3c(-c3ccc(-c4ccc(-c5ccc6c(c5)c5ccccc5n6-c5ccccc5)cc4)cn3)c3ccccc23)cc1. The first-order valence-corrected chi connectivity index (χ1v) is 17.5. The average Bonchev–Trinajstić information content (AvgIpc) is 3.54. The van der Waals surface area contributed by atoms with Gasteiger partial charge in [-0.1, -0.05) is 152 Å². The molecule has 0 aliphatic heterocycles. The quantitative estimate of drug-likeness (QED) is 0.170. The van der Waals surface area contributed by atoms with E-state index in [9.17, 15) is 0 Å². The van der Waals surface area contributed by atoms with E-state index >= 15 is 0 Å². The average molecular weight is 649 g/mol. The molecule has 10 rings (SSSR count). The normalized spacial score (nSPS) is 11.5. The van der Waals surface area contributed by atoms with Gasteiger partial charge in [0.05, 0.1) is 16.7 Å². The minimum absolute atomic E-state index is 0.977. The van der Waals surface area contributed by atoms with Crippen LogP contribution >= 0.6 is 0 Å². The molecule has 2 heterocycles. The molecule has 2 nitrogen and oxygen atoms in total. The lowest BCUT2D eigenvalue weighted by Gasteiger charge is -2.17. The van der Waals surface area contributed by atoms with Crippen LogP contribution in [0.25, 0.3) is 93.7 Å². The second kappa shape index (κ2) is 12.0. The minimum Gasteiger partial charge on any atom is -0.309 e. The molecule has 0 aliphatic rings. The van der Waals surface area contributed by atoms with Gasteiger partial charge < -0.3 is 4.57 Å². The maximum atomic E-state index is 5.10. The molecule has 2 aromatic heterocycles. The van der Waals surface area contributed by atoms with Gasteiger partial charge in [-0.05, 0) is 85.8 Å². The van der Waals surface area contributed by atoms with Gasteiger partial charge in [0.2, 0.25) is 0 Å². The van der Waals surface area contributed by atoms with Crippen LogP contribution in [0.5, 0.6) is 0 Å². The van der Waals surface area contributed by atoms with E-state index in [-0.39, 0.29) is 0 Å². The Bertz CT molecular complexity index is 2810. The van der Waals surface area contributed by atoms with E-state index in [1.165, 1.54) is 76.9 Å². The van der Waals surface area contributed by atoms with Crippen molar-refractivity contribution in [3.8, 4) is 50.3 Å². The fraction of sp³-hybridized carbons (Fsp3) is 0. The van der Waals surface area contributed by atoms with Crippen molar-refractivity contribution in [2.75, 3.05) is 0 Å². The van der Waals surface area contributed by atoms with Gasteiger partial charge in [-0.25, -0.2) is 0 Å². The first-order valence-electron chi connectivity index (χ1n) is 17.5. The number of hydrogen-bond acceptors (Lipinski definition) is 1. The van der Waals surface area contributed by atoms with Crippen molar-refractivity contribution in [1.82, 2.24) is 9.55 Å². The lowest BCUT2D eigenvalue weighted by Crippen LogP contribution is -1.93. The molecule has 0 amide bonds. The monoisotopic (exact) mass is 648 g/mol. The molecule has 0 fully saturated rings. The topological polar surface area (TPSA) is 17.8 Å². The van der Waals surface area contributed by atoms with Crippen LogP contribution in [-0.4, -0.2) is 9.55 Å². The van der Waals surface area contributed by atoms with Crippen LogP contribution in [-0.2, 0) is 0 Å². The Morgan fingerprint density at radius 3 is 1.43 bits per heavy atom. The van der Waals surface area contributed by atoms with Crippen molar-refractivity contribution < 1.29 is 0 Å². The number of hydrogen-bond donors (Lipinski definition) is 0.